The minimum absolute atomic E-state index is 0. The van der Waals surface area contributed by atoms with Crippen LogP contribution < -0.4 is 0 Å². The van der Waals surface area contributed by atoms with E-state index in [0.717, 1.165) is 20.6 Å². The van der Waals surface area contributed by atoms with Crippen molar-refractivity contribution in [2.45, 2.75) is 0 Å². The van der Waals surface area contributed by atoms with Crippen LogP contribution in [-0.4, -0.2) is 20.6 Å². The van der Waals surface area contributed by atoms with E-state index in [2.05, 4.69) is 9.29 Å². The zero-order valence-corrected chi connectivity index (χ0v) is 11.3. The zero-order chi connectivity index (χ0) is 4.00. The Hall–Kier alpha value is 2.18. The molecule has 1 nitrogen and oxygen atoms in total. The topological polar surface area (TPSA) is 17.1 Å². The van der Waals surface area contributed by atoms with Gasteiger partial charge in [0.05, 0.1) is 0 Å². The third-order valence-electron chi connectivity index (χ3n) is 0. The zero-order valence-electron chi connectivity index (χ0n) is 2.47. The van der Waals surface area contributed by atoms with E-state index < -0.39 is 0 Å². The van der Waals surface area contributed by atoms with E-state index in [1.165, 1.54) is 0 Å². The molecule has 0 rings (SSSR count). The molecule has 5 heteroatoms. The first-order chi connectivity index (χ1) is 2.00. The fourth-order valence-electron chi connectivity index (χ4n) is 0. The molecule has 0 heterocycles. The molecule has 0 aromatic rings. The average Bonchev–Trinajstić information content (AvgIpc) is 1.50. The largest absolute Gasteiger partial charge is 0 e. The van der Waals surface area contributed by atoms with Crippen LogP contribution in [0.1, 0.15) is 0 Å². The van der Waals surface area contributed by atoms with Crippen molar-refractivity contribution in [3.05, 3.63) is 0 Å². The van der Waals surface area contributed by atoms with E-state index >= 15 is 0 Å². The van der Waals surface area contributed by atoms with Gasteiger partial charge in [-0.2, -0.15) is 0 Å². The van der Waals surface area contributed by atoms with Crippen LogP contribution >= 0.6 is 9.29 Å². The SMILES string of the molecule is [O]=[Nb].[S]=[Sn].[Zn]. The van der Waals surface area contributed by atoms with Gasteiger partial charge in [-0.05, 0) is 0 Å². The molecule has 0 saturated carbocycles. The molecule has 0 atom stereocenters. The van der Waals surface area contributed by atoms with Gasteiger partial charge in [0.2, 0.25) is 0 Å². The predicted molar refractivity (Wildman–Crippen MR) is 14.0 cm³/mol. The molecule has 5 heavy (non-hydrogen) atoms. The number of hydrogen-bond acceptors (Lipinski definition) is 2. The van der Waals surface area contributed by atoms with Crippen LogP contribution in [0.4, 0.5) is 0 Å². The standard InChI is InChI=1S/Nb.O.S.Sn.Zn. The van der Waals surface area contributed by atoms with Crippen molar-refractivity contribution < 1.29 is 43.8 Å². The molecule has 23 valence electrons. The first-order valence-electron chi connectivity index (χ1n) is 0.387. The summed E-state index contributed by atoms with van der Waals surface area (Å²) in [5, 5.41) is 0. The fraction of sp³-hybridized carbons (Fsp3) is 0. The molecule has 0 N–H and O–H groups in total. The van der Waals surface area contributed by atoms with Crippen molar-refractivity contribution >= 4 is 29.9 Å². The molecule has 0 unspecified atom stereocenters. The Bertz CT molecular complexity index is 13.6. The van der Waals surface area contributed by atoms with Crippen molar-refractivity contribution in [2.75, 3.05) is 0 Å². The van der Waals surface area contributed by atoms with E-state index in [4.69, 9.17) is 3.25 Å². The fourth-order valence-corrected chi connectivity index (χ4v) is 0. The summed E-state index contributed by atoms with van der Waals surface area (Å²) in [5.74, 6) is 0. The second-order valence-electron chi connectivity index (χ2n) is 0. The minimum atomic E-state index is 0. The van der Waals surface area contributed by atoms with Gasteiger partial charge < -0.3 is 0 Å². The first-order valence-corrected chi connectivity index (χ1v) is 5.19. The Kier molecular flexibility index (Phi) is 109. The molecule has 2 radical (unpaired) electrons. The third-order valence-corrected chi connectivity index (χ3v) is 0. The summed E-state index contributed by atoms with van der Waals surface area (Å²) in [5.41, 5.74) is 0. The van der Waals surface area contributed by atoms with Gasteiger partial charge in [0.1, 0.15) is 0 Å². The Morgan fingerprint density at radius 2 is 1.40 bits per heavy atom. The van der Waals surface area contributed by atoms with Gasteiger partial charge >= 0.3 is 54.2 Å². The van der Waals surface area contributed by atoms with Crippen molar-refractivity contribution in [1.29, 1.82) is 0 Å². The van der Waals surface area contributed by atoms with Crippen molar-refractivity contribution in [3.8, 4) is 0 Å². The van der Waals surface area contributed by atoms with Gasteiger partial charge in [-0.1, -0.05) is 0 Å². The van der Waals surface area contributed by atoms with Gasteiger partial charge in [0, 0.05) is 19.5 Å². The molecular weight excluding hydrogens is 325 g/mol. The van der Waals surface area contributed by atoms with Gasteiger partial charge in [-0.15, -0.1) is 0 Å². The number of hydrogen-bond donors (Lipinski definition) is 0. The molecule has 0 aliphatic rings. The summed E-state index contributed by atoms with van der Waals surface area (Å²) in [6.45, 7) is 0. The molecular formula is NbOSSnZn. The molecule has 0 spiro atoms. The molecule has 0 aliphatic heterocycles. The smallest absolute Gasteiger partial charge is 0 e. The van der Waals surface area contributed by atoms with Gasteiger partial charge in [-0.25, -0.2) is 0 Å². The Balaban J connectivity index is -0.0000000133. The van der Waals surface area contributed by atoms with E-state index in [-0.39, 0.29) is 19.5 Å². The van der Waals surface area contributed by atoms with Crippen LogP contribution in [0.5, 0.6) is 0 Å². The summed E-state index contributed by atoms with van der Waals surface area (Å²) < 4.78 is 8.30. The van der Waals surface area contributed by atoms with Crippen LogP contribution in [0.25, 0.3) is 0 Å². The first kappa shape index (κ1) is 15.7. The molecule has 0 aliphatic carbocycles. The van der Waals surface area contributed by atoms with Crippen LogP contribution in [0, 0.1) is 0 Å². The van der Waals surface area contributed by atoms with Gasteiger partial charge in [0.25, 0.3) is 0 Å². The van der Waals surface area contributed by atoms with Crippen LogP contribution in [0.2, 0.25) is 0 Å². The van der Waals surface area contributed by atoms with Gasteiger partial charge in [0.15, 0.2) is 0 Å². The second kappa shape index (κ2) is 34.9. The Morgan fingerprint density at radius 1 is 1.40 bits per heavy atom. The van der Waals surface area contributed by atoms with Crippen molar-refractivity contribution in [1.82, 2.24) is 0 Å². The van der Waals surface area contributed by atoms with Crippen LogP contribution in [0.15, 0.2) is 0 Å². The Morgan fingerprint density at radius 3 is 1.40 bits per heavy atom. The molecule has 0 saturated heterocycles. The second-order valence-corrected chi connectivity index (χ2v) is 0. The van der Waals surface area contributed by atoms with Crippen LogP contribution in [0.3, 0.4) is 0 Å². The minimum Gasteiger partial charge on any atom is 0 e. The maximum Gasteiger partial charge on any atom is 0 e. The van der Waals surface area contributed by atoms with Crippen molar-refractivity contribution in [3.63, 3.8) is 0 Å². The summed E-state index contributed by atoms with van der Waals surface area (Å²) in [4.78, 5) is 0. The molecule has 0 fully saturated rings. The number of rotatable bonds is 0. The van der Waals surface area contributed by atoms with E-state index in [1.54, 1.807) is 0 Å². The van der Waals surface area contributed by atoms with Crippen LogP contribution in [-0.2, 0) is 43.8 Å². The van der Waals surface area contributed by atoms with E-state index in [9.17, 15) is 0 Å². The normalized spacial score (nSPS) is 1.40. The maximum atomic E-state index is 8.30. The third kappa shape index (κ3) is 22.7. The Labute approximate surface area is 72.5 Å². The summed E-state index contributed by atoms with van der Waals surface area (Å²) in [6, 6.07) is 0. The van der Waals surface area contributed by atoms with E-state index in [0.29, 0.717) is 21.0 Å². The van der Waals surface area contributed by atoms with Gasteiger partial charge in [-0.3, -0.25) is 0 Å². The predicted octanol–water partition coefficient (Wildman–Crippen LogP) is 0.144. The van der Waals surface area contributed by atoms with E-state index in [1.807, 2.05) is 0 Å². The maximum absolute atomic E-state index is 8.30. The summed E-state index contributed by atoms with van der Waals surface area (Å²) in [6.07, 6.45) is 0. The molecule has 0 aromatic carbocycles. The van der Waals surface area contributed by atoms with Crippen molar-refractivity contribution in [2.24, 2.45) is 0 Å². The monoisotopic (exact) mass is 325 g/mol. The molecule has 0 aromatic heterocycles. The average molecular weight is 325 g/mol. The summed E-state index contributed by atoms with van der Waals surface area (Å²) >= 11 is 1.63. The summed E-state index contributed by atoms with van der Waals surface area (Å²) in [7, 11) is 4.17. The molecule has 0 bridgehead atoms. The quantitative estimate of drug-likeness (QED) is 0.590. The molecule has 0 amide bonds.